The third-order valence-electron chi connectivity index (χ3n) is 2.10. The molecule has 0 radical (unpaired) electrons. The number of hydrogen-bond acceptors (Lipinski definition) is 4. The summed E-state index contributed by atoms with van der Waals surface area (Å²) in [7, 11) is 4.18. The molecule has 0 aliphatic carbocycles. The van der Waals surface area contributed by atoms with Gasteiger partial charge in [-0.1, -0.05) is 0 Å². The Labute approximate surface area is 91.7 Å². The molecule has 4 heteroatoms. The predicted octanol–water partition coefficient (Wildman–Crippen LogP) is 0.826. The van der Waals surface area contributed by atoms with Crippen LogP contribution in [0.25, 0.3) is 0 Å². The molecular formula is C11H20N4. The van der Waals surface area contributed by atoms with Crippen LogP contribution in [0.1, 0.15) is 17.9 Å². The van der Waals surface area contributed by atoms with E-state index in [1.807, 2.05) is 13.0 Å². The Kier molecular flexibility index (Phi) is 5.21. The molecule has 0 unspecified atom stereocenters. The van der Waals surface area contributed by atoms with E-state index < -0.39 is 0 Å². The van der Waals surface area contributed by atoms with Crippen molar-refractivity contribution in [1.29, 1.82) is 0 Å². The SMILES string of the molecule is Cc1nccc(CNCCCN(C)C)n1. The van der Waals surface area contributed by atoms with Crippen LogP contribution < -0.4 is 5.32 Å². The maximum absolute atomic E-state index is 4.32. The van der Waals surface area contributed by atoms with Gasteiger partial charge in [-0.3, -0.25) is 0 Å². The van der Waals surface area contributed by atoms with Gasteiger partial charge in [-0.15, -0.1) is 0 Å². The lowest BCUT2D eigenvalue weighted by Crippen LogP contribution is -2.21. The van der Waals surface area contributed by atoms with Crippen molar-refractivity contribution < 1.29 is 0 Å². The highest BCUT2D eigenvalue weighted by molar-refractivity contribution is 5.00. The van der Waals surface area contributed by atoms with E-state index in [0.717, 1.165) is 37.6 Å². The lowest BCUT2D eigenvalue weighted by Gasteiger charge is -2.09. The fraction of sp³-hybridized carbons (Fsp3) is 0.636. The Hall–Kier alpha value is -1.00. The molecule has 0 bridgehead atoms. The van der Waals surface area contributed by atoms with Gasteiger partial charge in [0.15, 0.2) is 0 Å². The first-order chi connectivity index (χ1) is 7.18. The Morgan fingerprint density at radius 3 is 2.87 bits per heavy atom. The van der Waals surface area contributed by atoms with E-state index in [1.54, 1.807) is 6.20 Å². The van der Waals surface area contributed by atoms with Gasteiger partial charge in [0.05, 0.1) is 5.69 Å². The van der Waals surface area contributed by atoms with E-state index in [-0.39, 0.29) is 0 Å². The molecule has 1 aromatic rings. The first-order valence-corrected chi connectivity index (χ1v) is 5.32. The second-order valence-corrected chi connectivity index (χ2v) is 3.93. The van der Waals surface area contributed by atoms with Gasteiger partial charge in [0.1, 0.15) is 5.82 Å². The van der Waals surface area contributed by atoms with Crippen LogP contribution in [0.3, 0.4) is 0 Å². The predicted molar refractivity (Wildman–Crippen MR) is 61.6 cm³/mol. The Morgan fingerprint density at radius 2 is 2.20 bits per heavy atom. The zero-order valence-electron chi connectivity index (χ0n) is 9.82. The van der Waals surface area contributed by atoms with Crippen LogP contribution in [0.4, 0.5) is 0 Å². The van der Waals surface area contributed by atoms with Crippen LogP contribution in [0.2, 0.25) is 0 Å². The van der Waals surface area contributed by atoms with E-state index in [9.17, 15) is 0 Å². The molecule has 0 amide bonds. The topological polar surface area (TPSA) is 41.1 Å². The number of hydrogen-bond donors (Lipinski definition) is 1. The molecule has 1 rings (SSSR count). The lowest BCUT2D eigenvalue weighted by molar-refractivity contribution is 0.394. The first kappa shape index (κ1) is 12.1. The maximum Gasteiger partial charge on any atom is 0.125 e. The van der Waals surface area contributed by atoms with Crippen molar-refractivity contribution in [2.24, 2.45) is 0 Å². The van der Waals surface area contributed by atoms with E-state index in [1.165, 1.54) is 0 Å². The minimum atomic E-state index is 0.830. The van der Waals surface area contributed by atoms with Crippen LogP contribution in [0.5, 0.6) is 0 Å². The smallest absolute Gasteiger partial charge is 0.125 e. The maximum atomic E-state index is 4.32. The summed E-state index contributed by atoms with van der Waals surface area (Å²) in [6.45, 7) is 4.89. The van der Waals surface area contributed by atoms with Crippen LogP contribution in [-0.4, -0.2) is 42.1 Å². The highest BCUT2D eigenvalue weighted by atomic mass is 15.1. The van der Waals surface area contributed by atoms with Gasteiger partial charge >= 0.3 is 0 Å². The zero-order valence-corrected chi connectivity index (χ0v) is 9.82. The second kappa shape index (κ2) is 6.48. The summed E-state index contributed by atoms with van der Waals surface area (Å²) in [5.41, 5.74) is 1.06. The third kappa shape index (κ3) is 5.44. The molecule has 0 aliphatic rings. The lowest BCUT2D eigenvalue weighted by atomic mass is 10.3. The van der Waals surface area contributed by atoms with E-state index >= 15 is 0 Å². The monoisotopic (exact) mass is 208 g/mol. The van der Waals surface area contributed by atoms with Gasteiger partial charge in [-0.05, 0) is 46.6 Å². The highest BCUT2D eigenvalue weighted by Gasteiger charge is 1.95. The van der Waals surface area contributed by atoms with E-state index in [4.69, 9.17) is 0 Å². The van der Waals surface area contributed by atoms with Crippen molar-refractivity contribution in [2.75, 3.05) is 27.2 Å². The summed E-state index contributed by atoms with van der Waals surface area (Å²) in [4.78, 5) is 10.6. The van der Waals surface area contributed by atoms with Gasteiger partial charge in [-0.2, -0.15) is 0 Å². The summed E-state index contributed by atoms with van der Waals surface area (Å²) >= 11 is 0. The standard InChI is InChI=1S/C11H20N4/c1-10-13-7-5-11(14-10)9-12-6-4-8-15(2)3/h5,7,12H,4,6,8-9H2,1-3H3. The Bertz CT molecular complexity index is 286. The van der Waals surface area contributed by atoms with Gasteiger partial charge in [0.25, 0.3) is 0 Å². The minimum Gasteiger partial charge on any atom is -0.311 e. The molecule has 0 aromatic carbocycles. The molecule has 0 atom stereocenters. The van der Waals surface area contributed by atoms with Gasteiger partial charge in [0, 0.05) is 12.7 Å². The Balaban J connectivity index is 2.15. The molecule has 1 N–H and O–H groups in total. The van der Waals surface area contributed by atoms with Gasteiger partial charge in [-0.25, -0.2) is 9.97 Å². The third-order valence-corrected chi connectivity index (χ3v) is 2.10. The fourth-order valence-corrected chi connectivity index (χ4v) is 1.34. The largest absolute Gasteiger partial charge is 0.311 e. The zero-order chi connectivity index (χ0) is 11.1. The second-order valence-electron chi connectivity index (χ2n) is 3.93. The molecule has 0 saturated heterocycles. The molecular weight excluding hydrogens is 188 g/mol. The number of aromatic nitrogens is 2. The van der Waals surface area contributed by atoms with Gasteiger partial charge in [0.2, 0.25) is 0 Å². The van der Waals surface area contributed by atoms with Crippen molar-refractivity contribution in [3.63, 3.8) is 0 Å². The average molecular weight is 208 g/mol. The molecule has 0 saturated carbocycles. The number of nitrogens with one attached hydrogen (secondary N) is 1. The summed E-state index contributed by atoms with van der Waals surface area (Å²) < 4.78 is 0. The van der Waals surface area contributed by atoms with Crippen LogP contribution in [0.15, 0.2) is 12.3 Å². The van der Waals surface area contributed by atoms with Crippen molar-refractivity contribution in [3.8, 4) is 0 Å². The van der Waals surface area contributed by atoms with Gasteiger partial charge < -0.3 is 10.2 Å². The van der Waals surface area contributed by atoms with Crippen molar-refractivity contribution in [3.05, 3.63) is 23.8 Å². The molecule has 1 aromatic heterocycles. The van der Waals surface area contributed by atoms with E-state index in [0.29, 0.717) is 0 Å². The summed E-state index contributed by atoms with van der Waals surface area (Å²) in [6, 6.07) is 1.95. The van der Waals surface area contributed by atoms with Crippen molar-refractivity contribution >= 4 is 0 Å². The average Bonchev–Trinajstić information content (AvgIpc) is 2.17. The minimum absolute atomic E-state index is 0.830. The molecule has 4 nitrogen and oxygen atoms in total. The van der Waals surface area contributed by atoms with E-state index in [2.05, 4.69) is 34.3 Å². The molecule has 84 valence electrons. The first-order valence-electron chi connectivity index (χ1n) is 5.32. The fourth-order valence-electron chi connectivity index (χ4n) is 1.34. The molecule has 1 heterocycles. The van der Waals surface area contributed by atoms with Crippen LogP contribution in [-0.2, 0) is 6.54 Å². The molecule has 0 aliphatic heterocycles. The summed E-state index contributed by atoms with van der Waals surface area (Å²) in [5.74, 6) is 0.836. The molecule has 15 heavy (non-hydrogen) atoms. The number of nitrogens with zero attached hydrogens (tertiary/aromatic N) is 3. The molecule has 0 spiro atoms. The highest BCUT2D eigenvalue weighted by Crippen LogP contribution is 1.93. The number of rotatable bonds is 6. The number of aryl methyl sites for hydroxylation is 1. The Morgan fingerprint density at radius 1 is 1.40 bits per heavy atom. The summed E-state index contributed by atoms with van der Waals surface area (Å²) in [6.07, 6.45) is 2.97. The quantitative estimate of drug-likeness (QED) is 0.703. The van der Waals surface area contributed by atoms with Crippen LogP contribution in [0, 0.1) is 6.92 Å². The summed E-state index contributed by atoms with van der Waals surface area (Å²) in [5, 5.41) is 3.37. The van der Waals surface area contributed by atoms with Crippen molar-refractivity contribution in [2.45, 2.75) is 19.9 Å². The van der Waals surface area contributed by atoms with Crippen molar-refractivity contribution in [1.82, 2.24) is 20.2 Å². The molecule has 0 fully saturated rings. The normalized spacial score (nSPS) is 10.9. The van der Waals surface area contributed by atoms with Crippen LogP contribution >= 0.6 is 0 Å².